The Bertz CT molecular complexity index is 533. The Kier molecular flexibility index (Phi) is 7.44. The summed E-state index contributed by atoms with van der Waals surface area (Å²) in [6.45, 7) is 3.17. The van der Waals surface area contributed by atoms with Gasteiger partial charge in [-0.1, -0.05) is 19.1 Å². The molecular formula is C16H21N3O2. The normalized spacial score (nSPS) is 10.6. The number of nitrogens with one attached hydrogen (secondary N) is 2. The molecule has 21 heavy (non-hydrogen) atoms. The molecule has 0 aromatic heterocycles. The standard InChI is InChI=1S/C16H21N3O2/c1-3-8-19-16(20)14(11-17)12-18-9-7-13-5-4-6-15(10-13)21-2/h4-6,10,12,18H,3,7-9H2,1-2H3,(H,19,20)/b14-12-. The van der Waals surface area contributed by atoms with Crippen molar-refractivity contribution < 1.29 is 9.53 Å². The Morgan fingerprint density at radius 2 is 2.24 bits per heavy atom. The molecule has 1 aromatic carbocycles. The van der Waals surface area contributed by atoms with Crippen LogP contribution in [-0.4, -0.2) is 26.1 Å². The molecule has 1 amide bonds. The summed E-state index contributed by atoms with van der Waals surface area (Å²) in [5.41, 5.74) is 1.22. The van der Waals surface area contributed by atoms with Crippen LogP contribution in [0.1, 0.15) is 18.9 Å². The number of hydrogen-bond donors (Lipinski definition) is 2. The zero-order chi connectivity index (χ0) is 15.5. The molecule has 112 valence electrons. The number of methoxy groups -OCH3 is 1. The van der Waals surface area contributed by atoms with Crippen molar-refractivity contribution in [3.05, 3.63) is 41.6 Å². The lowest BCUT2D eigenvalue weighted by Gasteiger charge is -2.05. The number of benzene rings is 1. The number of rotatable bonds is 8. The summed E-state index contributed by atoms with van der Waals surface area (Å²) in [5, 5.41) is 14.6. The van der Waals surface area contributed by atoms with Gasteiger partial charge in [-0.3, -0.25) is 4.79 Å². The third-order valence-corrected chi connectivity index (χ3v) is 2.84. The summed E-state index contributed by atoms with van der Waals surface area (Å²) in [4.78, 5) is 11.6. The minimum absolute atomic E-state index is 0.0918. The minimum Gasteiger partial charge on any atom is -0.497 e. The molecule has 0 heterocycles. The van der Waals surface area contributed by atoms with E-state index in [1.165, 1.54) is 6.20 Å². The number of hydrogen-bond acceptors (Lipinski definition) is 4. The van der Waals surface area contributed by atoms with Crippen molar-refractivity contribution >= 4 is 5.91 Å². The number of carbonyl (C=O) groups excluding carboxylic acids is 1. The van der Waals surface area contributed by atoms with E-state index in [2.05, 4.69) is 10.6 Å². The fourth-order valence-electron chi connectivity index (χ4n) is 1.70. The maximum Gasteiger partial charge on any atom is 0.263 e. The van der Waals surface area contributed by atoms with Crippen LogP contribution >= 0.6 is 0 Å². The Hall–Kier alpha value is -2.48. The molecule has 1 aromatic rings. The molecule has 0 atom stereocenters. The van der Waals surface area contributed by atoms with Gasteiger partial charge in [0.1, 0.15) is 17.4 Å². The summed E-state index contributed by atoms with van der Waals surface area (Å²) in [5.74, 6) is 0.480. The zero-order valence-electron chi connectivity index (χ0n) is 12.5. The predicted molar refractivity (Wildman–Crippen MR) is 81.7 cm³/mol. The van der Waals surface area contributed by atoms with Crippen LogP contribution in [0.3, 0.4) is 0 Å². The maximum absolute atomic E-state index is 11.6. The first kappa shape index (κ1) is 16.6. The zero-order valence-corrected chi connectivity index (χ0v) is 12.5. The van der Waals surface area contributed by atoms with E-state index >= 15 is 0 Å². The molecule has 2 N–H and O–H groups in total. The van der Waals surface area contributed by atoms with Crippen molar-refractivity contribution in [3.63, 3.8) is 0 Å². The van der Waals surface area contributed by atoms with Crippen molar-refractivity contribution in [1.29, 1.82) is 5.26 Å². The molecule has 5 nitrogen and oxygen atoms in total. The van der Waals surface area contributed by atoms with E-state index in [-0.39, 0.29) is 11.5 Å². The first-order valence-electron chi connectivity index (χ1n) is 6.96. The largest absolute Gasteiger partial charge is 0.497 e. The quantitative estimate of drug-likeness (QED) is 0.434. The van der Waals surface area contributed by atoms with Crippen LogP contribution in [0, 0.1) is 11.3 Å². The van der Waals surface area contributed by atoms with Gasteiger partial charge in [0.2, 0.25) is 0 Å². The minimum atomic E-state index is -0.340. The van der Waals surface area contributed by atoms with Gasteiger partial charge in [-0.15, -0.1) is 0 Å². The first-order valence-corrected chi connectivity index (χ1v) is 6.96. The number of nitriles is 1. The Labute approximate surface area is 125 Å². The lowest BCUT2D eigenvalue weighted by Crippen LogP contribution is -2.26. The average molecular weight is 287 g/mol. The van der Waals surface area contributed by atoms with Crippen LogP contribution in [0.4, 0.5) is 0 Å². The monoisotopic (exact) mass is 287 g/mol. The lowest BCUT2D eigenvalue weighted by atomic mass is 10.1. The smallest absolute Gasteiger partial charge is 0.263 e. The van der Waals surface area contributed by atoms with Gasteiger partial charge in [-0.2, -0.15) is 5.26 Å². The van der Waals surface area contributed by atoms with E-state index in [9.17, 15) is 4.79 Å². The van der Waals surface area contributed by atoms with Gasteiger partial charge in [0, 0.05) is 19.3 Å². The van der Waals surface area contributed by atoms with Crippen LogP contribution in [0.15, 0.2) is 36.0 Å². The highest BCUT2D eigenvalue weighted by molar-refractivity contribution is 5.97. The molecule has 0 aliphatic rings. The SMILES string of the molecule is CCCNC(=O)/C(C#N)=C\NCCc1cccc(OC)c1. The van der Waals surface area contributed by atoms with E-state index in [1.54, 1.807) is 7.11 Å². The summed E-state index contributed by atoms with van der Waals surface area (Å²) >= 11 is 0. The van der Waals surface area contributed by atoms with E-state index in [4.69, 9.17) is 10.00 Å². The molecule has 5 heteroatoms. The second-order valence-corrected chi connectivity index (χ2v) is 4.48. The molecule has 0 saturated heterocycles. The number of amides is 1. The van der Waals surface area contributed by atoms with Gasteiger partial charge in [0.25, 0.3) is 5.91 Å². The van der Waals surface area contributed by atoms with Crippen molar-refractivity contribution in [2.45, 2.75) is 19.8 Å². The molecule has 1 rings (SSSR count). The summed E-state index contributed by atoms with van der Waals surface area (Å²) in [6.07, 6.45) is 3.09. The number of ether oxygens (including phenoxy) is 1. The second-order valence-electron chi connectivity index (χ2n) is 4.48. The third kappa shape index (κ3) is 6.00. The van der Waals surface area contributed by atoms with Gasteiger partial charge in [0.05, 0.1) is 7.11 Å². The molecule has 0 aliphatic heterocycles. The van der Waals surface area contributed by atoms with Crippen LogP contribution < -0.4 is 15.4 Å². The molecule has 0 radical (unpaired) electrons. The topological polar surface area (TPSA) is 74.2 Å². The van der Waals surface area contributed by atoms with Crippen molar-refractivity contribution in [2.75, 3.05) is 20.2 Å². The van der Waals surface area contributed by atoms with Crippen LogP contribution in [0.5, 0.6) is 5.75 Å². The molecule has 0 aliphatic carbocycles. The molecule has 0 bridgehead atoms. The molecule has 0 unspecified atom stereocenters. The van der Waals surface area contributed by atoms with Gasteiger partial charge in [-0.05, 0) is 30.5 Å². The van der Waals surface area contributed by atoms with E-state index < -0.39 is 0 Å². The maximum atomic E-state index is 11.6. The Morgan fingerprint density at radius 3 is 2.90 bits per heavy atom. The van der Waals surface area contributed by atoms with Crippen molar-refractivity contribution in [3.8, 4) is 11.8 Å². The second kappa shape index (κ2) is 9.43. The van der Waals surface area contributed by atoms with Crippen molar-refractivity contribution in [2.24, 2.45) is 0 Å². The molecule has 0 saturated carbocycles. The Morgan fingerprint density at radius 1 is 1.43 bits per heavy atom. The van der Waals surface area contributed by atoms with Crippen LogP contribution in [0.2, 0.25) is 0 Å². The highest BCUT2D eigenvalue weighted by atomic mass is 16.5. The van der Waals surface area contributed by atoms with E-state index in [0.717, 1.165) is 24.2 Å². The van der Waals surface area contributed by atoms with Crippen LogP contribution in [0.25, 0.3) is 0 Å². The third-order valence-electron chi connectivity index (χ3n) is 2.84. The number of carbonyl (C=O) groups is 1. The van der Waals surface area contributed by atoms with Gasteiger partial charge < -0.3 is 15.4 Å². The van der Waals surface area contributed by atoms with Gasteiger partial charge >= 0.3 is 0 Å². The first-order chi connectivity index (χ1) is 10.2. The van der Waals surface area contributed by atoms with Crippen molar-refractivity contribution in [1.82, 2.24) is 10.6 Å². The summed E-state index contributed by atoms with van der Waals surface area (Å²) < 4.78 is 5.16. The van der Waals surface area contributed by atoms with Gasteiger partial charge in [0.15, 0.2) is 0 Å². The Balaban J connectivity index is 2.45. The summed E-state index contributed by atoms with van der Waals surface area (Å²) in [7, 11) is 1.63. The van der Waals surface area contributed by atoms with E-state index in [0.29, 0.717) is 13.1 Å². The fourth-order valence-corrected chi connectivity index (χ4v) is 1.70. The van der Waals surface area contributed by atoms with Gasteiger partial charge in [-0.25, -0.2) is 0 Å². The molecule has 0 fully saturated rings. The molecule has 0 spiro atoms. The highest BCUT2D eigenvalue weighted by Gasteiger charge is 2.06. The van der Waals surface area contributed by atoms with E-state index in [1.807, 2.05) is 37.3 Å². The highest BCUT2D eigenvalue weighted by Crippen LogP contribution is 2.12. The molecular weight excluding hydrogens is 266 g/mol. The number of nitrogens with zero attached hydrogens (tertiary/aromatic N) is 1. The summed E-state index contributed by atoms with van der Waals surface area (Å²) in [6, 6.07) is 9.69. The average Bonchev–Trinajstić information content (AvgIpc) is 2.52. The fraction of sp³-hybridized carbons (Fsp3) is 0.375. The lowest BCUT2D eigenvalue weighted by molar-refractivity contribution is -0.117. The van der Waals surface area contributed by atoms with Crippen LogP contribution in [-0.2, 0) is 11.2 Å². The predicted octanol–water partition coefficient (Wildman–Crippen LogP) is 1.76.